The molecule has 0 amide bonds. The van der Waals surface area contributed by atoms with Gasteiger partial charge in [0, 0.05) is 18.3 Å². The minimum absolute atomic E-state index is 0.0660. The molecule has 3 aromatic rings. The van der Waals surface area contributed by atoms with Gasteiger partial charge in [0.15, 0.2) is 5.11 Å². The lowest BCUT2D eigenvalue weighted by molar-refractivity contribution is 0.657. The predicted molar refractivity (Wildman–Crippen MR) is 118 cm³/mol. The van der Waals surface area contributed by atoms with Crippen molar-refractivity contribution in [1.82, 2.24) is 24.9 Å². The molecule has 0 saturated carbocycles. The van der Waals surface area contributed by atoms with Crippen molar-refractivity contribution in [3.8, 4) is 0 Å². The number of aromatic nitrogens is 4. The maximum absolute atomic E-state index is 5.55. The SMILES string of the molecule is Cc1ccccc1Cn1nc(C)c(NC(=S)NC(C)c2cnn(C)c2C)c1C. The van der Waals surface area contributed by atoms with E-state index in [9.17, 15) is 0 Å². The van der Waals surface area contributed by atoms with Gasteiger partial charge in [-0.1, -0.05) is 24.3 Å². The number of thiocarbonyl (C=S) groups is 1. The number of nitrogens with zero attached hydrogens (tertiary/aromatic N) is 4. The first-order valence-electron chi connectivity index (χ1n) is 9.42. The van der Waals surface area contributed by atoms with E-state index in [1.807, 2.05) is 29.5 Å². The van der Waals surface area contributed by atoms with Gasteiger partial charge in [0.1, 0.15) is 0 Å². The summed E-state index contributed by atoms with van der Waals surface area (Å²) in [6.45, 7) is 11.1. The van der Waals surface area contributed by atoms with E-state index < -0.39 is 0 Å². The van der Waals surface area contributed by atoms with Gasteiger partial charge in [-0.25, -0.2) is 0 Å². The van der Waals surface area contributed by atoms with E-state index in [4.69, 9.17) is 17.3 Å². The molecule has 2 N–H and O–H groups in total. The Morgan fingerprint density at radius 3 is 2.50 bits per heavy atom. The van der Waals surface area contributed by atoms with Gasteiger partial charge in [-0.05, 0) is 58.0 Å². The third kappa shape index (κ3) is 4.09. The topological polar surface area (TPSA) is 59.7 Å². The number of benzene rings is 1. The van der Waals surface area contributed by atoms with Crippen LogP contribution < -0.4 is 10.6 Å². The summed E-state index contributed by atoms with van der Waals surface area (Å²) in [7, 11) is 1.94. The summed E-state index contributed by atoms with van der Waals surface area (Å²) in [5.41, 5.74) is 7.75. The van der Waals surface area contributed by atoms with Crippen molar-refractivity contribution in [2.75, 3.05) is 5.32 Å². The molecule has 0 aliphatic rings. The number of hydrogen-bond acceptors (Lipinski definition) is 3. The normalized spacial score (nSPS) is 12.1. The van der Waals surface area contributed by atoms with E-state index in [2.05, 4.69) is 67.7 Å². The summed E-state index contributed by atoms with van der Waals surface area (Å²) in [4.78, 5) is 0. The molecule has 2 heterocycles. The highest BCUT2D eigenvalue weighted by Gasteiger charge is 2.16. The first-order chi connectivity index (χ1) is 13.3. The van der Waals surface area contributed by atoms with Crippen LogP contribution in [-0.2, 0) is 13.6 Å². The van der Waals surface area contributed by atoms with Crippen LogP contribution in [0.25, 0.3) is 0 Å². The van der Waals surface area contributed by atoms with Gasteiger partial charge in [0.25, 0.3) is 0 Å². The Morgan fingerprint density at radius 2 is 1.86 bits per heavy atom. The van der Waals surface area contributed by atoms with Crippen LogP contribution >= 0.6 is 12.2 Å². The van der Waals surface area contributed by atoms with E-state index in [0.717, 1.165) is 34.9 Å². The fourth-order valence-electron chi connectivity index (χ4n) is 3.35. The molecule has 0 radical (unpaired) electrons. The Labute approximate surface area is 172 Å². The molecule has 0 aliphatic heterocycles. The number of aryl methyl sites for hydroxylation is 3. The third-order valence-corrected chi connectivity index (χ3v) is 5.51. The number of anilines is 1. The van der Waals surface area contributed by atoms with Gasteiger partial charge in [-0.2, -0.15) is 10.2 Å². The Bertz CT molecular complexity index is 1000. The Kier molecular flexibility index (Phi) is 5.84. The van der Waals surface area contributed by atoms with E-state index in [1.165, 1.54) is 11.1 Å². The standard InChI is InChI=1S/C21H28N6S/c1-13-9-7-8-10-18(13)12-27-17(5)20(15(3)25-27)24-21(28)23-14(2)19-11-22-26(6)16(19)4/h7-11,14H,12H2,1-6H3,(H2,23,24,28). The van der Waals surface area contributed by atoms with Crippen LogP contribution in [0.15, 0.2) is 30.5 Å². The van der Waals surface area contributed by atoms with Gasteiger partial charge < -0.3 is 10.6 Å². The maximum Gasteiger partial charge on any atom is 0.171 e. The van der Waals surface area contributed by atoms with Crippen LogP contribution in [0.4, 0.5) is 5.69 Å². The molecule has 2 aromatic heterocycles. The second-order valence-corrected chi connectivity index (χ2v) is 7.67. The monoisotopic (exact) mass is 396 g/mol. The number of nitrogens with one attached hydrogen (secondary N) is 2. The van der Waals surface area contributed by atoms with Gasteiger partial charge >= 0.3 is 0 Å². The molecule has 6 nitrogen and oxygen atoms in total. The summed E-state index contributed by atoms with van der Waals surface area (Å²) in [6.07, 6.45) is 1.88. The van der Waals surface area contributed by atoms with E-state index >= 15 is 0 Å². The number of rotatable bonds is 5. The zero-order valence-electron chi connectivity index (χ0n) is 17.4. The van der Waals surface area contributed by atoms with Gasteiger partial charge in [-0.15, -0.1) is 0 Å². The van der Waals surface area contributed by atoms with Gasteiger partial charge in [0.05, 0.1) is 35.9 Å². The lowest BCUT2D eigenvalue weighted by Crippen LogP contribution is -2.31. The lowest BCUT2D eigenvalue weighted by Gasteiger charge is -2.17. The molecule has 0 bridgehead atoms. The van der Waals surface area contributed by atoms with Crippen LogP contribution in [0, 0.1) is 27.7 Å². The van der Waals surface area contributed by atoms with Crippen LogP contribution in [0.1, 0.15) is 46.7 Å². The molecule has 1 atom stereocenters. The molecule has 28 heavy (non-hydrogen) atoms. The van der Waals surface area contributed by atoms with Gasteiger partial charge in [-0.3, -0.25) is 9.36 Å². The van der Waals surface area contributed by atoms with Crippen molar-refractivity contribution in [3.63, 3.8) is 0 Å². The summed E-state index contributed by atoms with van der Waals surface area (Å²) in [6, 6.07) is 8.46. The fourth-order valence-corrected chi connectivity index (χ4v) is 3.62. The predicted octanol–water partition coefficient (Wildman–Crippen LogP) is 3.95. The van der Waals surface area contributed by atoms with Crippen molar-refractivity contribution in [3.05, 3.63) is 64.2 Å². The third-order valence-electron chi connectivity index (χ3n) is 5.29. The second kappa shape index (κ2) is 8.14. The van der Waals surface area contributed by atoms with Crippen LogP contribution in [0.2, 0.25) is 0 Å². The molecule has 1 unspecified atom stereocenters. The summed E-state index contributed by atoms with van der Waals surface area (Å²) < 4.78 is 3.89. The second-order valence-electron chi connectivity index (χ2n) is 7.26. The largest absolute Gasteiger partial charge is 0.356 e. The van der Waals surface area contributed by atoms with Crippen LogP contribution in [0.3, 0.4) is 0 Å². The molecule has 3 rings (SSSR count). The van der Waals surface area contributed by atoms with Crippen molar-refractivity contribution >= 4 is 23.0 Å². The number of hydrogen-bond donors (Lipinski definition) is 2. The molecule has 1 aromatic carbocycles. The van der Waals surface area contributed by atoms with Crippen molar-refractivity contribution in [1.29, 1.82) is 0 Å². The van der Waals surface area contributed by atoms with E-state index in [-0.39, 0.29) is 6.04 Å². The average molecular weight is 397 g/mol. The van der Waals surface area contributed by atoms with E-state index in [0.29, 0.717) is 5.11 Å². The highest BCUT2D eigenvalue weighted by molar-refractivity contribution is 7.80. The highest BCUT2D eigenvalue weighted by Crippen LogP contribution is 2.22. The Hall–Kier alpha value is -2.67. The Morgan fingerprint density at radius 1 is 1.14 bits per heavy atom. The molecule has 7 heteroatoms. The Balaban J connectivity index is 1.72. The maximum atomic E-state index is 5.55. The summed E-state index contributed by atoms with van der Waals surface area (Å²) in [5, 5.41) is 16.3. The van der Waals surface area contributed by atoms with Crippen molar-refractivity contribution in [2.45, 2.75) is 47.2 Å². The molecule has 0 aliphatic carbocycles. The first kappa shape index (κ1) is 20.1. The smallest absolute Gasteiger partial charge is 0.171 e. The average Bonchev–Trinajstić information content (AvgIpc) is 3.11. The van der Waals surface area contributed by atoms with Crippen LogP contribution in [0.5, 0.6) is 0 Å². The first-order valence-corrected chi connectivity index (χ1v) is 9.83. The molecule has 0 fully saturated rings. The molecular formula is C21H28N6S. The minimum atomic E-state index is 0.0660. The summed E-state index contributed by atoms with van der Waals surface area (Å²) in [5.74, 6) is 0. The van der Waals surface area contributed by atoms with Crippen LogP contribution in [-0.4, -0.2) is 24.7 Å². The van der Waals surface area contributed by atoms with Crippen molar-refractivity contribution in [2.24, 2.45) is 7.05 Å². The molecule has 0 spiro atoms. The zero-order chi connectivity index (χ0) is 20.4. The van der Waals surface area contributed by atoms with Gasteiger partial charge in [0.2, 0.25) is 0 Å². The zero-order valence-corrected chi connectivity index (χ0v) is 18.2. The molecular weight excluding hydrogens is 368 g/mol. The van der Waals surface area contributed by atoms with E-state index in [1.54, 1.807) is 0 Å². The minimum Gasteiger partial charge on any atom is -0.356 e. The lowest BCUT2D eigenvalue weighted by atomic mass is 10.1. The fraction of sp³-hybridized carbons (Fsp3) is 0.381. The molecule has 148 valence electrons. The highest BCUT2D eigenvalue weighted by atomic mass is 32.1. The van der Waals surface area contributed by atoms with Crippen molar-refractivity contribution < 1.29 is 0 Å². The molecule has 0 saturated heterocycles. The summed E-state index contributed by atoms with van der Waals surface area (Å²) >= 11 is 5.55. The quantitative estimate of drug-likeness (QED) is 0.640.